The van der Waals surface area contributed by atoms with Gasteiger partial charge in [-0.25, -0.2) is 4.79 Å². The molecule has 0 radical (unpaired) electrons. The first-order valence-corrected chi connectivity index (χ1v) is 7.91. The van der Waals surface area contributed by atoms with Crippen molar-refractivity contribution in [3.63, 3.8) is 0 Å². The largest absolute Gasteiger partial charge is 0.385 e. The van der Waals surface area contributed by atoms with Crippen LogP contribution in [0.4, 0.5) is 4.79 Å². The molecule has 5 heteroatoms. The number of benzene rings is 1. The molecule has 2 atom stereocenters. The third-order valence-electron chi connectivity index (χ3n) is 4.09. The Morgan fingerprint density at radius 3 is 2.85 bits per heavy atom. The number of aliphatic imine (C=N–C) groups is 1. The fourth-order valence-electron chi connectivity index (χ4n) is 3.10. The molecule has 2 aliphatic rings. The highest BCUT2D eigenvalue weighted by Gasteiger charge is 2.48. The first-order chi connectivity index (χ1) is 9.60. The van der Waals surface area contributed by atoms with Crippen molar-refractivity contribution in [2.75, 3.05) is 5.75 Å². The molecule has 4 nitrogen and oxygen atoms in total. The average Bonchev–Trinajstić information content (AvgIpc) is 2.97. The minimum atomic E-state index is -0.204. The highest BCUT2D eigenvalue weighted by Crippen LogP contribution is 2.44. The zero-order chi connectivity index (χ0) is 14.2. The number of amides is 2. The summed E-state index contributed by atoms with van der Waals surface area (Å²) in [5, 5.41) is 0. The Hall–Kier alpha value is -1.49. The van der Waals surface area contributed by atoms with E-state index < -0.39 is 0 Å². The monoisotopic (exact) mass is 289 g/mol. The molecule has 0 aromatic heterocycles. The molecule has 1 fully saturated rings. The third-order valence-corrected chi connectivity index (χ3v) is 5.67. The molecular formula is C15H19N3OS. The maximum absolute atomic E-state index is 12.1. The summed E-state index contributed by atoms with van der Waals surface area (Å²) in [5.41, 5.74) is 7.17. The lowest BCUT2D eigenvalue weighted by Gasteiger charge is -2.36. The van der Waals surface area contributed by atoms with Gasteiger partial charge in [0.05, 0.1) is 0 Å². The number of carbonyl (C=O) groups is 1. The third kappa shape index (κ3) is 2.30. The summed E-state index contributed by atoms with van der Waals surface area (Å²) in [6.07, 6.45) is 2.26. The molecule has 2 heterocycles. The molecule has 1 aromatic carbocycles. The second-order valence-electron chi connectivity index (χ2n) is 5.60. The maximum atomic E-state index is 12.1. The maximum Gasteiger partial charge on any atom is 0.346 e. The number of amidine groups is 1. The zero-order valence-corrected chi connectivity index (χ0v) is 12.4. The van der Waals surface area contributed by atoms with Crippen LogP contribution in [0.5, 0.6) is 0 Å². The van der Waals surface area contributed by atoms with Crippen molar-refractivity contribution in [3.8, 4) is 0 Å². The molecule has 2 N–H and O–H groups in total. The van der Waals surface area contributed by atoms with Gasteiger partial charge in [0.25, 0.3) is 0 Å². The molecular weight excluding hydrogens is 270 g/mol. The molecule has 1 aromatic rings. The quantitative estimate of drug-likeness (QED) is 0.930. The first kappa shape index (κ1) is 13.5. The molecule has 2 unspecified atom stereocenters. The lowest BCUT2D eigenvalue weighted by atomic mass is 9.94. The molecule has 0 bridgehead atoms. The smallest absolute Gasteiger partial charge is 0.346 e. The Morgan fingerprint density at radius 2 is 2.20 bits per heavy atom. The fraction of sp³-hybridized carbons (Fsp3) is 0.467. The molecule has 3 rings (SSSR count). The van der Waals surface area contributed by atoms with Gasteiger partial charge >= 0.3 is 6.03 Å². The zero-order valence-electron chi connectivity index (χ0n) is 11.6. The van der Waals surface area contributed by atoms with Crippen LogP contribution >= 0.6 is 11.8 Å². The predicted octanol–water partition coefficient (Wildman–Crippen LogP) is 2.63. The van der Waals surface area contributed by atoms with Crippen LogP contribution < -0.4 is 5.73 Å². The van der Waals surface area contributed by atoms with E-state index in [4.69, 9.17) is 5.73 Å². The van der Waals surface area contributed by atoms with Crippen molar-refractivity contribution in [2.45, 2.75) is 37.1 Å². The molecule has 106 valence electrons. The Balaban J connectivity index is 1.86. The Morgan fingerprint density at radius 1 is 1.45 bits per heavy atom. The first-order valence-electron chi connectivity index (χ1n) is 6.93. The molecule has 0 saturated carbocycles. The molecule has 20 heavy (non-hydrogen) atoms. The number of hydrogen-bond donors (Lipinski definition) is 1. The van der Waals surface area contributed by atoms with Gasteiger partial charge in [-0.3, -0.25) is 0 Å². The second kappa shape index (κ2) is 5.13. The van der Waals surface area contributed by atoms with Crippen molar-refractivity contribution in [1.82, 2.24) is 4.90 Å². The second-order valence-corrected chi connectivity index (χ2v) is 7.23. The van der Waals surface area contributed by atoms with E-state index in [0.717, 1.165) is 17.7 Å². The minimum Gasteiger partial charge on any atom is -0.385 e. The van der Waals surface area contributed by atoms with Gasteiger partial charge < -0.3 is 10.6 Å². The van der Waals surface area contributed by atoms with Gasteiger partial charge in [-0.1, -0.05) is 30.3 Å². The summed E-state index contributed by atoms with van der Waals surface area (Å²) in [6, 6.07) is 9.73. The predicted molar refractivity (Wildman–Crippen MR) is 82.9 cm³/mol. The molecule has 0 spiro atoms. The van der Waals surface area contributed by atoms with Gasteiger partial charge in [0.2, 0.25) is 0 Å². The van der Waals surface area contributed by atoms with Crippen molar-refractivity contribution in [3.05, 3.63) is 35.9 Å². The summed E-state index contributed by atoms with van der Waals surface area (Å²) in [5.74, 6) is 1.61. The molecule has 1 saturated heterocycles. The molecule has 2 amide bonds. The van der Waals surface area contributed by atoms with Crippen LogP contribution in [0.25, 0.3) is 0 Å². The number of urea groups is 1. The van der Waals surface area contributed by atoms with Gasteiger partial charge in [-0.15, -0.1) is 0 Å². The van der Waals surface area contributed by atoms with Gasteiger partial charge in [0.1, 0.15) is 11.9 Å². The van der Waals surface area contributed by atoms with Crippen LogP contribution in [-0.2, 0) is 6.54 Å². The summed E-state index contributed by atoms with van der Waals surface area (Å²) >= 11 is 1.91. The summed E-state index contributed by atoms with van der Waals surface area (Å²) < 4.78 is -0.00543. The van der Waals surface area contributed by atoms with E-state index in [1.54, 1.807) is 0 Å². The van der Waals surface area contributed by atoms with Crippen molar-refractivity contribution in [2.24, 2.45) is 10.7 Å². The van der Waals surface area contributed by atoms with Crippen LogP contribution in [0.1, 0.15) is 25.3 Å². The van der Waals surface area contributed by atoms with Crippen molar-refractivity contribution >= 4 is 23.6 Å². The topological polar surface area (TPSA) is 58.7 Å². The van der Waals surface area contributed by atoms with E-state index in [1.807, 2.05) is 47.0 Å². The van der Waals surface area contributed by atoms with Crippen LogP contribution in [-0.4, -0.2) is 33.3 Å². The van der Waals surface area contributed by atoms with E-state index in [1.165, 1.54) is 6.42 Å². The summed E-state index contributed by atoms with van der Waals surface area (Å²) in [4.78, 5) is 18.0. The Bertz CT molecular complexity index is 537. The van der Waals surface area contributed by atoms with Gasteiger partial charge in [0, 0.05) is 11.3 Å². The number of nitrogens with zero attached hydrogens (tertiary/aromatic N) is 2. The van der Waals surface area contributed by atoms with Crippen LogP contribution in [0, 0.1) is 0 Å². The number of hydrogen-bond acceptors (Lipinski definition) is 3. The standard InChI is InChI=1S/C15H19N3OS/c1-15(8-5-9-20-15)12-13(16)17-14(19)18(12)10-11-6-3-2-4-7-11/h2-4,6-7,12H,5,8-10H2,1H3,(H2,16,17,19). The van der Waals surface area contributed by atoms with Gasteiger partial charge in [-0.05, 0) is 31.1 Å². The van der Waals surface area contributed by atoms with Crippen LogP contribution in [0.15, 0.2) is 35.3 Å². The lowest BCUT2D eigenvalue weighted by molar-refractivity contribution is 0.193. The highest BCUT2D eigenvalue weighted by molar-refractivity contribution is 8.01. The van der Waals surface area contributed by atoms with Gasteiger partial charge in [-0.2, -0.15) is 16.8 Å². The molecule has 0 aliphatic carbocycles. The summed E-state index contributed by atoms with van der Waals surface area (Å²) in [7, 11) is 0. The number of thioether (sulfide) groups is 1. The van der Waals surface area contributed by atoms with E-state index in [9.17, 15) is 4.79 Å². The summed E-state index contributed by atoms with van der Waals surface area (Å²) in [6.45, 7) is 2.78. The molecule has 2 aliphatic heterocycles. The normalized spacial score (nSPS) is 29.9. The number of nitrogens with two attached hydrogens (primary N) is 1. The van der Waals surface area contributed by atoms with E-state index in [2.05, 4.69) is 11.9 Å². The van der Waals surface area contributed by atoms with E-state index in [-0.39, 0.29) is 16.8 Å². The van der Waals surface area contributed by atoms with Crippen LogP contribution in [0.2, 0.25) is 0 Å². The SMILES string of the molecule is CC1(C2C(N)=NC(=O)N2Cc2ccccc2)CCCS1. The Kier molecular flexibility index (Phi) is 3.46. The van der Waals surface area contributed by atoms with Gasteiger partial charge in [0.15, 0.2) is 0 Å². The van der Waals surface area contributed by atoms with Crippen molar-refractivity contribution < 1.29 is 4.79 Å². The average molecular weight is 289 g/mol. The van der Waals surface area contributed by atoms with Crippen molar-refractivity contribution in [1.29, 1.82) is 0 Å². The number of rotatable bonds is 3. The van der Waals surface area contributed by atoms with E-state index >= 15 is 0 Å². The Labute approximate surface area is 123 Å². The minimum absolute atomic E-state index is 0.00543. The lowest BCUT2D eigenvalue weighted by Crippen LogP contribution is -2.52. The highest BCUT2D eigenvalue weighted by atomic mass is 32.2. The fourth-order valence-corrected chi connectivity index (χ4v) is 4.55. The number of carbonyl (C=O) groups excluding carboxylic acids is 1. The van der Waals surface area contributed by atoms with Crippen LogP contribution in [0.3, 0.4) is 0 Å². The van der Waals surface area contributed by atoms with E-state index in [0.29, 0.717) is 12.4 Å².